The van der Waals surface area contributed by atoms with Crippen molar-refractivity contribution in [1.82, 2.24) is 0 Å². The molecule has 0 aliphatic heterocycles. The fourth-order valence-electron chi connectivity index (χ4n) is 1.45. The number of carbonyl (C=O) groups is 1. The summed E-state index contributed by atoms with van der Waals surface area (Å²) in [6, 6.07) is 7.52. The summed E-state index contributed by atoms with van der Waals surface area (Å²) in [5.41, 5.74) is 0.750. The lowest BCUT2D eigenvalue weighted by Crippen LogP contribution is -2.15. The molecule has 1 aromatic carbocycles. The molecule has 100 valence electrons. The maximum absolute atomic E-state index is 11.7. The van der Waals surface area contributed by atoms with E-state index in [0.717, 1.165) is 23.6 Å². The number of hydrogen-bond acceptors (Lipinski definition) is 3. The molecule has 0 saturated carbocycles. The van der Waals surface area contributed by atoms with Gasteiger partial charge in [0.05, 0.1) is 18.0 Å². The maximum Gasteiger partial charge on any atom is 0.234 e. The molecule has 1 rings (SSSR count). The van der Waals surface area contributed by atoms with Crippen LogP contribution < -0.4 is 10.1 Å². The Bertz CT molecular complexity index is 369. The van der Waals surface area contributed by atoms with Crippen LogP contribution in [0.3, 0.4) is 0 Å². The molecule has 0 spiro atoms. The van der Waals surface area contributed by atoms with Gasteiger partial charge in [-0.1, -0.05) is 25.5 Å². The van der Waals surface area contributed by atoms with Gasteiger partial charge in [-0.3, -0.25) is 4.79 Å². The van der Waals surface area contributed by atoms with Gasteiger partial charge in [0.25, 0.3) is 0 Å². The summed E-state index contributed by atoms with van der Waals surface area (Å²) in [5, 5.41) is 2.89. The second-order valence-electron chi connectivity index (χ2n) is 3.88. The highest BCUT2D eigenvalue weighted by Crippen LogP contribution is 2.23. The summed E-state index contributed by atoms with van der Waals surface area (Å²) in [7, 11) is 0. The molecule has 0 aliphatic rings. The Morgan fingerprint density at radius 2 is 2.11 bits per heavy atom. The van der Waals surface area contributed by atoms with Crippen LogP contribution in [-0.4, -0.2) is 24.0 Å². The van der Waals surface area contributed by atoms with Crippen molar-refractivity contribution in [2.75, 3.05) is 23.4 Å². The molecule has 4 heteroatoms. The lowest BCUT2D eigenvalue weighted by molar-refractivity contribution is -0.113. The zero-order valence-electron chi connectivity index (χ0n) is 11.1. The van der Waals surface area contributed by atoms with Crippen LogP contribution in [0.4, 0.5) is 5.69 Å². The number of ether oxygens (including phenoxy) is 1. The average molecular weight is 267 g/mol. The molecule has 0 fully saturated rings. The number of thioether (sulfide) groups is 1. The third-order valence-electron chi connectivity index (χ3n) is 2.34. The minimum atomic E-state index is 0.0308. The van der Waals surface area contributed by atoms with Gasteiger partial charge in [-0.15, -0.1) is 0 Å². The van der Waals surface area contributed by atoms with Crippen molar-refractivity contribution in [2.24, 2.45) is 0 Å². The van der Waals surface area contributed by atoms with Gasteiger partial charge in [0.15, 0.2) is 0 Å². The van der Waals surface area contributed by atoms with Crippen molar-refractivity contribution in [3.63, 3.8) is 0 Å². The van der Waals surface area contributed by atoms with Gasteiger partial charge in [-0.05, 0) is 31.2 Å². The van der Waals surface area contributed by atoms with E-state index in [2.05, 4.69) is 12.2 Å². The number of hydrogen-bond donors (Lipinski definition) is 1. The van der Waals surface area contributed by atoms with E-state index < -0.39 is 0 Å². The van der Waals surface area contributed by atoms with Crippen molar-refractivity contribution in [1.29, 1.82) is 0 Å². The molecule has 0 atom stereocenters. The number of anilines is 1. The molecule has 0 unspecified atom stereocenters. The second-order valence-corrected chi connectivity index (χ2v) is 4.99. The Morgan fingerprint density at radius 1 is 1.33 bits per heavy atom. The molecule has 0 aliphatic carbocycles. The second kappa shape index (κ2) is 8.86. The molecular weight excluding hydrogens is 246 g/mol. The highest BCUT2D eigenvalue weighted by Gasteiger charge is 2.06. The first-order valence-electron chi connectivity index (χ1n) is 6.37. The molecule has 1 amide bonds. The molecule has 0 saturated heterocycles. The minimum Gasteiger partial charge on any atom is -0.492 e. The lowest BCUT2D eigenvalue weighted by Gasteiger charge is -2.10. The highest BCUT2D eigenvalue weighted by molar-refractivity contribution is 7.99. The lowest BCUT2D eigenvalue weighted by atomic mass is 10.3. The minimum absolute atomic E-state index is 0.0308. The summed E-state index contributed by atoms with van der Waals surface area (Å²) in [5.74, 6) is 2.30. The van der Waals surface area contributed by atoms with Gasteiger partial charge in [0.2, 0.25) is 5.91 Å². The molecule has 18 heavy (non-hydrogen) atoms. The fourth-order valence-corrected chi connectivity index (χ4v) is 2.34. The van der Waals surface area contributed by atoms with E-state index in [1.54, 1.807) is 11.8 Å². The number of para-hydroxylation sites is 2. The standard InChI is InChI=1S/C14H21NO2S/c1-3-5-10-18-11-14(16)15-12-8-6-7-9-13(12)17-4-2/h6-9H,3-5,10-11H2,1-2H3,(H,15,16). The SMILES string of the molecule is CCCCSCC(=O)Nc1ccccc1OCC. The third kappa shape index (κ3) is 5.45. The van der Waals surface area contributed by atoms with Crippen molar-refractivity contribution >= 4 is 23.4 Å². The molecule has 3 nitrogen and oxygen atoms in total. The molecule has 0 radical (unpaired) electrons. The predicted molar refractivity (Wildman–Crippen MR) is 78.5 cm³/mol. The van der Waals surface area contributed by atoms with Crippen LogP contribution in [0.1, 0.15) is 26.7 Å². The van der Waals surface area contributed by atoms with E-state index in [-0.39, 0.29) is 5.91 Å². The van der Waals surface area contributed by atoms with Crippen LogP contribution in [-0.2, 0) is 4.79 Å². The summed E-state index contributed by atoms with van der Waals surface area (Å²) in [6.45, 7) is 4.68. The van der Waals surface area contributed by atoms with E-state index in [1.807, 2.05) is 31.2 Å². The van der Waals surface area contributed by atoms with Gasteiger partial charge in [-0.2, -0.15) is 11.8 Å². The summed E-state index contributed by atoms with van der Waals surface area (Å²) in [4.78, 5) is 11.7. The normalized spacial score (nSPS) is 10.1. The van der Waals surface area contributed by atoms with Gasteiger partial charge in [0, 0.05) is 0 Å². The van der Waals surface area contributed by atoms with Crippen LogP contribution in [0.5, 0.6) is 5.75 Å². The molecule has 0 aromatic heterocycles. The van der Waals surface area contributed by atoms with Gasteiger partial charge in [0.1, 0.15) is 5.75 Å². The molecule has 1 aromatic rings. The first-order valence-corrected chi connectivity index (χ1v) is 7.52. The van der Waals surface area contributed by atoms with Crippen molar-refractivity contribution in [3.8, 4) is 5.75 Å². The van der Waals surface area contributed by atoms with Crippen LogP contribution in [0, 0.1) is 0 Å². The van der Waals surface area contributed by atoms with E-state index in [9.17, 15) is 4.79 Å². The number of unbranched alkanes of at least 4 members (excludes halogenated alkanes) is 1. The number of rotatable bonds is 8. The third-order valence-corrected chi connectivity index (χ3v) is 3.38. The van der Waals surface area contributed by atoms with Crippen molar-refractivity contribution < 1.29 is 9.53 Å². The number of carbonyl (C=O) groups excluding carboxylic acids is 1. The molecular formula is C14H21NO2S. The van der Waals surface area contributed by atoms with Crippen molar-refractivity contribution in [3.05, 3.63) is 24.3 Å². The predicted octanol–water partition coefficient (Wildman–Crippen LogP) is 3.56. The fraction of sp³-hybridized carbons (Fsp3) is 0.500. The Kier molecular flexibility index (Phi) is 7.34. The summed E-state index contributed by atoms with van der Waals surface area (Å²) < 4.78 is 5.46. The largest absolute Gasteiger partial charge is 0.492 e. The topological polar surface area (TPSA) is 38.3 Å². The Balaban J connectivity index is 2.43. The Hall–Kier alpha value is -1.16. The summed E-state index contributed by atoms with van der Waals surface area (Å²) >= 11 is 1.67. The van der Waals surface area contributed by atoms with Crippen LogP contribution in [0.2, 0.25) is 0 Å². The van der Waals surface area contributed by atoms with E-state index in [4.69, 9.17) is 4.74 Å². The quantitative estimate of drug-likeness (QED) is 0.732. The van der Waals surface area contributed by atoms with E-state index >= 15 is 0 Å². The average Bonchev–Trinajstić information content (AvgIpc) is 2.37. The van der Waals surface area contributed by atoms with Gasteiger partial charge < -0.3 is 10.1 Å². The van der Waals surface area contributed by atoms with E-state index in [0.29, 0.717) is 12.4 Å². The van der Waals surface area contributed by atoms with Crippen LogP contribution >= 0.6 is 11.8 Å². The summed E-state index contributed by atoms with van der Waals surface area (Å²) in [6.07, 6.45) is 2.33. The molecule has 0 heterocycles. The monoisotopic (exact) mass is 267 g/mol. The van der Waals surface area contributed by atoms with Gasteiger partial charge >= 0.3 is 0 Å². The maximum atomic E-state index is 11.7. The zero-order valence-corrected chi connectivity index (χ0v) is 11.9. The first-order chi connectivity index (χ1) is 8.77. The van der Waals surface area contributed by atoms with Crippen LogP contribution in [0.15, 0.2) is 24.3 Å². The molecule has 0 bridgehead atoms. The van der Waals surface area contributed by atoms with Crippen LogP contribution in [0.25, 0.3) is 0 Å². The van der Waals surface area contributed by atoms with Gasteiger partial charge in [-0.25, -0.2) is 0 Å². The number of amides is 1. The number of nitrogens with one attached hydrogen (secondary N) is 1. The molecule has 1 N–H and O–H groups in total. The van der Waals surface area contributed by atoms with Crippen molar-refractivity contribution in [2.45, 2.75) is 26.7 Å². The van der Waals surface area contributed by atoms with E-state index in [1.165, 1.54) is 6.42 Å². The number of benzene rings is 1. The Labute approximate surface area is 113 Å². The highest BCUT2D eigenvalue weighted by atomic mass is 32.2. The zero-order chi connectivity index (χ0) is 13.2. The first kappa shape index (κ1) is 14.9. The smallest absolute Gasteiger partial charge is 0.234 e. The Morgan fingerprint density at radius 3 is 2.83 bits per heavy atom.